The second-order valence-electron chi connectivity index (χ2n) is 5.44. The zero-order valence-corrected chi connectivity index (χ0v) is 10.9. The van der Waals surface area contributed by atoms with E-state index in [1.165, 1.54) is 38.2 Å². The van der Waals surface area contributed by atoms with Crippen LogP contribution in [0.4, 0.5) is 5.69 Å². The Bertz CT molecular complexity index is 395. The normalized spacial score (nSPS) is 21.3. The van der Waals surface area contributed by atoms with E-state index in [1.807, 2.05) is 6.20 Å². The lowest BCUT2D eigenvalue weighted by Gasteiger charge is -2.36. The molecule has 18 heavy (non-hydrogen) atoms. The molecule has 4 heteroatoms. The van der Waals surface area contributed by atoms with Gasteiger partial charge in [0.25, 0.3) is 0 Å². The quantitative estimate of drug-likeness (QED) is 0.863. The summed E-state index contributed by atoms with van der Waals surface area (Å²) in [6.07, 6.45) is 4.77. The summed E-state index contributed by atoms with van der Waals surface area (Å²) in [7, 11) is 0. The number of pyridine rings is 1. The van der Waals surface area contributed by atoms with Gasteiger partial charge in [0.1, 0.15) is 0 Å². The van der Waals surface area contributed by atoms with Gasteiger partial charge in [-0.3, -0.25) is 9.88 Å². The van der Waals surface area contributed by atoms with Crippen LogP contribution in [0.15, 0.2) is 18.3 Å². The van der Waals surface area contributed by atoms with Crippen LogP contribution in [0.2, 0.25) is 0 Å². The largest absolute Gasteiger partial charge is 0.369 e. The Morgan fingerprint density at radius 2 is 2.00 bits per heavy atom. The predicted octanol–water partition coefficient (Wildman–Crippen LogP) is 1.07. The zero-order valence-electron chi connectivity index (χ0n) is 10.9. The summed E-state index contributed by atoms with van der Waals surface area (Å²) in [6.45, 7) is 6.47. The second-order valence-corrected chi connectivity index (χ2v) is 5.44. The van der Waals surface area contributed by atoms with Crippen LogP contribution < -0.4 is 10.6 Å². The summed E-state index contributed by atoms with van der Waals surface area (Å²) >= 11 is 0. The highest BCUT2D eigenvalue weighted by Gasteiger charge is 2.26. The van der Waals surface area contributed by atoms with Crippen molar-refractivity contribution in [2.75, 3.05) is 37.6 Å². The van der Waals surface area contributed by atoms with Crippen LogP contribution in [0.25, 0.3) is 0 Å². The molecule has 2 aliphatic rings. The van der Waals surface area contributed by atoms with Crippen LogP contribution >= 0.6 is 0 Å². The van der Waals surface area contributed by atoms with Crippen molar-refractivity contribution in [2.24, 2.45) is 11.7 Å². The Labute approximate surface area is 109 Å². The van der Waals surface area contributed by atoms with Crippen molar-refractivity contribution in [1.29, 1.82) is 0 Å². The van der Waals surface area contributed by atoms with Crippen molar-refractivity contribution in [2.45, 2.75) is 19.4 Å². The molecule has 0 atom stereocenters. The van der Waals surface area contributed by atoms with Crippen molar-refractivity contribution >= 4 is 5.69 Å². The third kappa shape index (κ3) is 2.82. The lowest BCUT2D eigenvalue weighted by atomic mass is 10.2. The lowest BCUT2D eigenvalue weighted by molar-refractivity contribution is 0.248. The smallest absolute Gasteiger partial charge is 0.0560 e. The molecule has 0 radical (unpaired) electrons. The van der Waals surface area contributed by atoms with E-state index in [1.54, 1.807) is 0 Å². The van der Waals surface area contributed by atoms with E-state index in [0.717, 1.165) is 24.7 Å². The fourth-order valence-corrected chi connectivity index (χ4v) is 2.63. The molecule has 0 amide bonds. The van der Waals surface area contributed by atoms with Gasteiger partial charge >= 0.3 is 0 Å². The maximum absolute atomic E-state index is 5.64. The molecule has 1 aromatic rings. The van der Waals surface area contributed by atoms with E-state index in [2.05, 4.69) is 26.9 Å². The number of nitrogens with two attached hydrogens (primary N) is 1. The van der Waals surface area contributed by atoms with Gasteiger partial charge in [-0.25, -0.2) is 0 Å². The minimum absolute atomic E-state index is 0.523. The fourth-order valence-electron chi connectivity index (χ4n) is 2.63. The summed E-state index contributed by atoms with van der Waals surface area (Å²) in [5, 5.41) is 0. The number of nitrogens with zero attached hydrogens (tertiary/aromatic N) is 3. The van der Waals surface area contributed by atoms with E-state index in [9.17, 15) is 0 Å². The Kier molecular flexibility index (Phi) is 3.48. The maximum Gasteiger partial charge on any atom is 0.0560 e. The molecule has 3 rings (SSSR count). The van der Waals surface area contributed by atoms with Gasteiger partial charge in [0.15, 0.2) is 0 Å². The highest BCUT2D eigenvalue weighted by molar-refractivity contribution is 5.47. The average Bonchev–Trinajstić information content (AvgIpc) is 3.24. The summed E-state index contributed by atoms with van der Waals surface area (Å²) < 4.78 is 0. The number of anilines is 1. The van der Waals surface area contributed by atoms with Crippen LogP contribution in [-0.2, 0) is 6.54 Å². The molecule has 0 unspecified atom stereocenters. The third-order valence-electron chi connectivity index (χ3n) is 3.96. The van der Waals surface area contributed by atoms with Crippen LogP contribution in [0.5, 0.6) is 0 Å². The van der Waals surface area contributed by atoms with E-state index >= 15 is 0 Å². The first-order valence-electron chi connectivity index (χ1n) is 6.97. The Morgan fingerprint density at radius 1 is 1.22 bits per heavy atom. The van der Waals surface area contributed by atoms with Gasteiger partial charge in [0, 0.05) is 51.2 Å². The molecule has 1 aliphatic carbocycles. The van der Waals surface area contributed by atoms with Crippen LogP contribution in [0, 0.1) is 5.92 Å². The second kappa shape index (κ2) is 5.24. The standard InChI is InChI=1S/C14H22N4/c15-10-13-9-14(3-4-16-13)18-7-5-17(6-8-18)11-12-1-2-12/h3-4,9,12H,1-2,5-8,10-11,15H2. The third-order valence-corrected chi connectivity index (χ3v) is 3.96. The van der Waals surface area contributed by atoms with Gasteiger partial charge in [0.05, 0.1) is 5.69 Å². The monoisotopic (exact) mass is 246 g/mol. The van der Waals surface area contributed by atoms with Crippen molar-refractivity contribution < 1.29 is 0 Å². The first kappa shape index (κ1) is 11.9. The molecule has 4 nitrogen and oxygen atoms in total. The van der Waals surface area contributed by atoms with Gasteiger partial charge in [-0.15, -0.1) is 0 Å². The predicted molar refractivity (Wildman–Crippen MR) is 73.5 cm³/mol. The van der Waals surface area contributed by atoms with Gasteiger partial charge < -0.3 is 10.6 Å². The summed E-state index contributed by atoms with van der Waals surface area (Å²) in [5.74, 6) is 1.00. The molecule has 1 saturated heterocycles. The Morgan fingerprint density at radius 3 is 2.67 bits per heavy atom. The molecule has 0 spiro atoms. The molecule has 98 valence electrons. The minimum atomic E-state index is 0.523. The van der Waals surface area contributed by atoms with Crippen LogP contribution in [0.3, 0.4) is 0 Å². The minimum Gasteiger partial charge on any atom is -0.369 e. The summed E-state index contributed by atoms with van der Waals surface area (Å²) in [4.78, 5) is 9.31. The van der Waals surface area contributed by atoms with E-state index in [0.29, 0.717) is 6.54 Å². The van der Waals surface area contributed by atoms with Crippen molar-refractivity contribution in [3.8, 4) is 0 Å². The Balaban J connectivity index is 1.57. The van der Waals surface area contributed by atoms with E-state index < -0.39 is 0 Å². The van der Waals surface area contributed by atoms with Crippen LogP contribution in [0.1, 0.15) is 18.5 Å². The molecule has 0 bridgehead atoms. The fraction of sp³-hybridized carbons (Fsp3) is 0.643. The molecular formula is C14H22N4. The molecule has 1 aromatic heterocycles. The molecule has 2 N–H and O–H groups in total. The number of aromatic nitrogens is 1. The summed E-state index contributed by atoms with van der Waals surface area (Å²) in [5.41, 5.74) is 7.90. The van der Waals surface area contributed by atoms with Crippen molar-refractivity contribution in [3.63, 3.8) is 0 Å². The maximum atomic E-state index is 5.64. The highest BCUT2D eigenvalue weighted by Crippen LogP contribution is 2.30. The van der Waals surface area contributed by atoms with Gasteiger partial charge in [0.2, 0.25) is 0 Å². The van der Waals surface area contributed by atoms with Crippen molar-refractivity contribution in [3.05, 3.63) is 24.0 Å². The first-order valence-corrected chi connectivity index (χ1v) is 6.97. The summed E-state index contributed by atoms with van der Waals surface area (Å²) in [6, 6.07) is 4.21. The topological polar surface area (TPSA) is 45.4 Å². The van der Waals surface area contributed by atoms with Crippen LogP contribution in [-0.4, -0.2) is 42.6 Å². The van der Waals surface area contributed by atoms with Gasteiger partial charge in [-0.1, -0.05) is 0 Å². The SMILES string of the molecule is NCc1cc(N2CCN(CC3CC3)CC2)ccn1. The number of piperazine rings is 1. The van der Waals surface area contributed by atoms with Crippen molar-refractivity contribution in [1.82, 2.24) is 9.88 Å². The molecule has 0 aromatic carbocycles. The number of rotatable bonds is 4. The molecule has 2 heterocycles. The first-order chi connectivity index (χ1) is 8.85. The molecule has 1 saturated carbocycles. The van der Waals surface area contributed by atoms with Gasteiger partial charge in [-0.05, 0) is 30.9 Å². The highest BCUT2D eigenvalue weighted by atomic mass is 15.3. The van der Waals surface area contributed by atoms with E-state index in [4.69, 9.17) is 5.73 Å². The number of hydrogen-bond donors (Lipinski definition) is 1. The average molecular weight is 246 g/mol. The molecule has 2 fully saturated rings. The molecular weight excluding hydrogens is 224 g/mol. The van der Waals surface area contributed by atoms with Gasteiger partial charge in [-0.2, -0.15) is 0 Å². The zero-order chi connectivity index (χ0) is 12.4. The lowest BCUT2D eigenvalue weighted by Crippen LogP contribution is -2.47. The number of hydrogen-bond acceptors (Lipinski definition) is 4. The molecule has 1 aliphatic heterocycles. The Hall–Kier alpha value is -1.13. The van der Waals surface area contributed by atoms with E-state index in [-0.39, 0.29) is 0 Å².